The molecule has 1 fully saturated rings. The Morgan fingerprint density at radius 2 is 2.12 bits per heavy atom. The number of rotatable bonds is 4. The molecule has 0 aliphatic carbocycles. The van der Waals surface area contributed by atoms with E-state index >= 15 is 0 Å². The number of quaternary nitrogens is 1. The fourth-order valence-electron chi connectivity index (χ4n) is 2.97. The first kappa shape index (κ1) is 14.4. The maximum absolute atomic E-state index is 10.8. The minimum atomic E-state index is -0.705. The van der Waals surface area contributed by atoms with Crippen molar-refractivity contribution in [1.29, 1.82) is 0 Å². The summed E-state index contributed by atoms with van der Waals surface area (Å²) in [5.74, 6) is -0.705. The second-order valence-corrected chi connectivity index (χ2v) is 5.68. The molecule has 0 aromatic heterocycles. The second kappa shape index (κ2) is 5.33. The lowest BCUT2D eigenvalue weighted by Crippen LogP contribution is -2.70. The monoisotopic (exact) mass is 244 g/mol. The Kier molecular flexibility index (Phi) is 4.52. The summed E-state index contributed by atoms with van der Waals surface area (Å²) >= 11 is 0. The number of hydrogen-bond acceptors (Lipinski definition) is 3. The van der Waals surface area contributed by atoms with Gasteiger partial charge in [0.25, 0.3) is 0 Å². The predicted molar refractivity (Wildman–Crippen MR) is 67.5 cm³/mol. The first-order valence-corrected chi connectivity index (χ1v) is 6.22. The predicted octanol–water partition coefficient (Wildman–Crippen LogP) is 0.477. The van der Waals surface area contributed by atoms with Crippen LogP contribution in [0.25, 0.3) is 0 Å². The van der Waals surface area contributed by atoms with Crippen LogP contribution in [-0.2, 0) is 4.79 Å². The van der Waals surface area contributed by atoms with Crippen molar-refractivity contribution in [1.82, 2.24) is 9.80 Å². The van der Waals surface area contributed by atoms with Gasteiger partial charge in [-0.15, -0.1) is 0 Å². The number of carbonyl (C=O) groups is 1. The minimum absolute atomic E-state index is 0.239. The fourth-order valence-corrected chi connectivity index (χ4v) is 2.97. The molecule has 0 amide bonds. The molecule has 1 rings (SSSR count). The average molecular weight is 244 g/mol. The summed E-state index contributed by atoms with van der Waals surface area (Å²) in [7, 11) is 8.43. The van der Waals surface area contributed by atoms with Crippen molar-refractivity contribution in [3.63, 3.8) is 0 Å². The number of carboxylic acids is 1. The van der Waals surface area contributed by atoms with Crippen LogP contribution in [0.5, 0.6) is 0 Å². The van der Waals surface area contributed by atoms with E-state index < -0.39 is 5.97 Å². The molecule has 3 atom stereocenters. The Hall–Kier alpha value is -0.650. The van der Waals surface area contributed by atoms with Gasteiger partial charge in [0.1, 0.15) is 0 Å². The molecule has 0 spiro atoms. The molecule has 1 aliphatic heterocycles. The van der Waals surface area contributed by atoms with Gasteiger partial charge in [-0.3, -0.25) is 9.28 Å². The van der Waals surface area contributed by atoms with E-state index in [0.29, 0.717) is 12.6 Å². The van der Waals surface area contributed by atoms with E-state index in [1.165, 1.54) is 0 Å². The minimum Gasteiger partial charge on any atom is -0.481 e. The quantitative estimate of drug-likeness (QED) is 0.731. The number of hydrogen-bond donors (Lipinski definition) is 1. The summed E-state index contributed by atoms with van der Waals surface area (Å²) in [5, 5.41) is 8.86. The van der Waals surface area contributed by atoms with E-state index in [4.69, 9.17) is 5.11 Å². The van der Waals surface area contributed by atoms with Crippen LogP contribution in [0.3, 0.4) is 0 Å². The zero-order valence-corrected chi connectivity index (χ0v) is 11.7. The van der Waals surface area contributed by atoms with Gasteiger partial charge in [-0.25, -0.2) is 9.80 Å². The van der Waals surface area contributed by atoms with Crippen molar-refractivity contribution < 1.29 is 14.4 Å². The lowest BCUT2D eigenvalue weighted by atomic mass is 10.1. The van der Waals surface area contributed by atoms with Gasteiger partial charge < -0.3 is 5.11 Å². The molecule has 1 saturated heterocycles. The van der Waals surface area contributed by atoms with Crippen molar-refractivity contribution in [2.24, 2.45) is 0 Å². The van der Waals surface area contributed by atoms with Crippen LogP contribution in [0.2, 0.25) is 0 Å². The second-order valence-electron chi connectivity index (χ2n) is 5.68. The molecule has 5 nitrogen and oxygen atoms in total. The van der Waals surface area contributed by atoms with Gasteiger partial charge in [-0.05, 0) is 28.1 Å². The van der Waals surface area contributed by atoms with Gasteiger partial charge in [0.2, 0.25) is 6.29 Å². The largest absolute Gasteiger partial charge is 0.481 e. The third kappa shape index (κ3) is 3.18. The third-order valence-corrected chi connectivity index (χ3v) is 3.97. The Balaban J connectivity index is 2.83. The summed E-state index contributed by atoms with van der Waals surface area (Å²) in [6.07, 6.45) is 1.62. The van der Waals surface area contributed by atoms with Gasteiger partial charge in [0, 0.05) is 12.5 Å². The Labute approximate surface area is 104 Å². The van der Waals surface area contributed by atoms with Gasteiger partial charge in [-0.1, -0.05) is 0 Å². The molecule has 1 N–H and O–H groups in total. The normalized spacial score (nSPS) is 35.2. The van der Waals surface area contributed by atoms with Crippen LogP contribution in [0.15, 0.2) is 0 Å². The highest BCUT2D eigenvalue weighted by atomic mass is 16.4. The smallest absolute Gasteiger partial charge is 0.309 e. The summed E-state index contributed by atoms with van der Waals surface area (Å²) in [4.78, 5) is 15.3. The topological polar surface area (TPSA) is 43.8 Å². The highest BCUT2D eigenvalue weighted by Crippen LogP contribution is 2.26. The summed E-state index contributed by atoms with van der Waals surface area (Å²) < 4.78 is 0.792. The Bertz CT molecular complexity index is 283. The van der Waals surface area contributed by atoms with Crippen molar-refractivity contribution in [2.45, 2.75) is 32.1 Å². The van der Waals surface area contributed by atoms with Crippen molar-refractivity contribution >= 4 is 5.97 Å². The Morgan fingerprint density at radius 1 is 1.53 bits per heavy atom. The molecule has 1 heterocycles. The standard InChI is InChI=1S/C12H25N3O2/c1-10-6-8-15(5,9-7-11(16)17)12(13(2)3)14(10)4/h10,12H,6-9H2,1-5H3/p+1. The number of nitrogens with zero attached hydrogens (tertiary/aromatic N) is 3. The SMILES string of the molecule is CC1CC[N+](C)(CCC(=O)O)C(N(C)C)N1C. The maximum Gasteiger partial charge on any atom is 0.309 e. The number of aliphatic carboxylic acids is 1. The van der Waals surface area contributed by atoms with Crippen LogP contribution in [0, 0.1) is 0 Å². The van der Waals surface area contributed by atoms with Crippen molar-refractivity contribution in [3.8, 4) is 0 Å². The molecule has 5 heteroatoms. The molecular weight excluding hydrogens is 218 g/mol. The van der Waals surface area contributed by atoms with Crippen LogP contribution in [0.4, 0.5) is 0 Å². The summed E-state index contributed by atoms with van der Waals surface area (Å²) in [6, 6.07) is 0.554. The van der Waals surface area contributed by atoms with Crippen LogP contribution in [-0.4, -0.2) is 79.0 Å². The van der Waals surface area contributed by atoms with Crippen LogP contribution >= 0.6 is 0 Å². The van der Waals surface area contributed by atoms with E-state index in [-0.39, 0.29) is 12.7 Å². The molecule has 0 aromatic rings. The molecule has 0 saturated carbocycles. The van der Waals surface area contributed by atoms with E-state index in [1.807, 2.05) is 0 Å². The van der Waals surface area contributed by atoms with E-state index in [1.54, 1.807) is 0 Å². The van der Waals surface area contributed by atoms with Crippen molar-refractivity contribution in [3.05, 3.63) is 0 Å². The highest BCUT2D eigenvalue weighted by Gasteiger charge is 2.43. The van der Waals surface area contributed by atoms with E-state index in [9.17, 15) is 4.79 Å². The van der Waals surface area contributed by atoms with Gasteiger partial charge >= 0.3 is 5.97 Å². The Morgan fingerprint density at radius 3 is 2.59 bits per heavy atom. The lowest BCUT2D eigenvalue weighted by Gasteiger charge is -2.53. The average Bonchev–Trinajstić information content (AvgIpc) is 2.21. The van der Waals surface area contributed by atoms with Gasteiger partial charge in [0.15, 0.2) is 0 Å². The molecule has 0 radical (unpaired) electrons. The molecular formula is C12H26N3O2+. The van der Waals surface area contributed by atoms with Gasteiger partial charge in [-0.2, -0.15) is 0 Å². The van der Waals surface area contributed by atoms with E-state index in [2.05, 4.69) is 44.9 Å². The highest BCUT2D eigenvalue weighted by molar-refractivity contribution is 5.66. The van der Waals surface area contributed by atoms with Crippen LogP contribution in [0.1, 0.15) is 19.8 Å². The molecule has 3 unspecified atom stereocenters. The van der Waals surface area contributed by atoms with Crippen molar-refractivity contribution in [2.75, 3.05) is 41.3 Å². The lowest BCUT2D eigenvalue weighted by molar-refractivity contribution is -0.962. The summed E-state index contributed by atoms with van der Waals surface area (Å²) in [6.45, 7) is 3.97. The molecule has 100 valence electrons. The first-order valence-electron chi connectivity index (χ1n) is 6.22. The number of carboxylic acid groups (broad SMARTS) is 1. The van der Waals surface area contributed by atoms with Gasteiger partial charge in [0.05, 0.1) is 26.6 Å². The summed E-state index contributed by atoms with van der Waals surface area (Å²) in [5.41, 5.74) is 0. The van der Waals surface area contributed by atoms with Crippen LogP contribution < -0.4 is 0 Å². The molecule has 17 heavy (non-hydrogen) atoms. The first-order chi connectivity index (χ1) is 7.78. The zero-order chi connectivity index (χ0) is 13.2. The molecule has 1 aliphatic rings. The third-order valence-electron chi connectivity index (χ3n) is 3.97. The van der Waals surface area contributed by atoms with E-state index in [0.717, 1.165) is 17.4 Å². The fraction of sp³-hybridized carbons (Fsp3) is 0.917. The zero-order valence-electron chi connectivity index (χ0n) is 11.7. The molecule has 0 aromatic carbocycles. The molecule has 0 bridgehead atoms. The maximum atomic E-state index is 10.8.